The Morgan fingerprint density at radius 1 is 1.21 bits per heavy atom. The van der Waals surface area contributed by atoms with E-state index in [1.54, 1.807) is 6.07 Å². The lowest BCUT2D eigenvalue weighted by Gasteiger charge is -2.33. The third-order valence-electron chi connectivity index (χ3n) is 6.64. The average Bonchev–Trinajstić information content (AvgIpc) is 3.20. The zero-order chi connectivity index (χ0) is 24.5. The lowest BCUT2D eigenvalue weighted by atomic mass is 9.91. The van der Waals surface area contributed by atoms with Crippen molar-refractivity contribution in [1.82, 2.24) is 4.90 Å². The molecule has 9 nitrogen and oxygen atoms in total. The minimum absolute atomic E-state index is 0.0401. The number of aliphatic hydroxyl groups excluding tert-OH is 1. The number of nitrogens with two attached hydrogens (primary N) is 2. The molecule has 2 aromatic carbocycles. The second-order valence-corrected chi connectivity index (χ2v) is 10.6. The summed E-state index contributed by atoms with van der Waals surface area (Å²) < 4.78 is 30.7. The smallest absolute Gasteiger partial charge is 0.259 e. The minimum Gasteiger partial charge on any atom is -0.480 e. The number of benzene rings is 2. The third kappa shape index (κ3) is 5.20. The molecule has 2 heterocycles. The largest absolute Gasteiger partial charge is 0.480 e. The number of anilines is 1. The summed E-state index contributed by atoms with van der Waals surface area (Å²) in [6.07, 6.45) is 0.703. The number of rotatable bonds is 8. The number of sulfonamides is 1. The molecule has 2 aromatic rings. The predicted molar refractivity (Wildman–Crippen MR) is 129 cm³/mol. The lowest BCUT2D eigenvalue weighted by molar-refractivity contribution is -0.126. The van der Waals surface area contributed by atoms with Crippen molar-refractivity contribution in [3.8, 4) is 5.75 Å². The Kier molecular flexibility index (Phi) is 7.13. The summed E-state index contributed by atoms with van der Waals surface area (Å²) >= 11 is 0. The van der Waals surface area contributed by atoms with Gasteiger partial charge in [0, 0.05) is 44.7 Å². The molecule has 0 saturated carbocycles. The van der Waals surface area contributed by atoms with Crippen LogP contribution in [0.15, 0.2) is 47.4 Å². The van der Waals surface area contributed by atoms with Crippen LogP contribution in [0.2, 0.25) is 0 Å². The molecule has 2 aliphatic rings. The van der Waals surface area contributed by atoms with Gasteiger partial charge in [-0.05, 0) is 37.0 Å². The normalized spacial score (nSPS) is 20.6. The van der Waals surface area contributed by atoms with Crippen LogP contribution in [0, 0.1) is 0 Å². The summed E-state index contributed by atoms with van der Waals surface area (Å²) in [7, 11) is -2.13. The van der Waals surface area contributed by atoms with Gasteiger partial charge in [-0.1, -0.05) is 30.3 Å². The molecule has 184 valence electrons. The van der Waals surface area contributed by atoms with Crippen molar-refractivity contribution in [2.24, 2.45) is 10.9 Å². The van der Waals surface area contributed by atoms with E-state index in [0.717, 1.165) is 18.5 Å². The highest BCUT2D eigenvalue weighted by atomic mass is 32.2. The van der Waals surface area contributed by atoms with E-state index in [-0.39, 0.29) is 10.8 Å². The number of aliphatic hydroxyl groups is 1. The Labute approximate surface area is 200 Å². The zero-order valence-electron chi connectivity index (χ0n) is 19.3. The van der Waals surface area contributed by atoms with Crippen LogP contribution in [0.5, 0.6) is 5.75 Å². The van der Waals surface area contributed by atoms with Crippen molar-refractivity contribution in [3.05, 3.63) is 53.6 Å². The first-order valence-corrected chi connectivity index (χ1v) is 13.0. The monoisotopic (exact) mass is 488 g/mol. The van der Waals surface area contributed by atoms with Crippen LogP contribution >= 0.6 is 0 Å². The van der Waals surface area contributed by atoms with Gasteiger partial charge in [0.2, 0.25) is 10.0 Å². The van der Waals surface area contributed by atoms with Crippen molar-refractivity contribution < 1.29 is 23.1 Å². The van der Waals surface area contributed by atoms with Crippen LogP contribution in [-0.2, 0) is 21.2 Å². The van der Waals surface area contributed by atoms with E-state index in [0.29, 0.717) is 49.5 Å². The summed E-state index contributed by atoms with van der Waals surface area (Å²) in [4.78, 5) is 16.7. The van der Waals surface area contributed by atoms with Gasteiger partial charge in [-0.2, -0.15) is 0 Å². The van der Waals surface area contributed by atoms with Gasteiger partial charge in [0.05, 0.1) is 11.8 Å². The topological polar surface area (TPSA) is 139 Å². The van der Waals surface area contributed by atoms with Gasteiger partial charge in [-0.3, -0.25) is 9.69 Å². The Balaban J connectivity index is 1.73. The molecule has 0 aromatic heterocycles. The Morgan fingerprint density at radius 3 is 2.56 bits per heavy atom. The SMILES string of the molecule is CN1CCCc2c(OC(C(N)=O)[C@H](CN3CC[C@H](O)C3)c3ccccc3)ccc(S(N)(=O)=O)c21. The van der Waals surface area contributed by atoms with E-state index < -0.39 is 28.1 Å². The third-order valence-corrected chi connectivity index (χ3v) is 7.58. The second kappa shape index (κ2) is 9.91. The summed E-state index contributed by atoms with van der Waals surface area (Å²) in [6.45, 7) is 2.42. The first kappa shape index (κ1) is 24.5. The Morgan fingerprint density at radius 2 is 1.94 bits per heavy atom. The predicted octanol–water partition coefficient (Wildman–Crippen LogP) is 0.800. The standard InChI is InChI=1S/C24H32N4O5S/c1-27-12-5-8-18-20(9-10-21(22(18)27)34(26,31)32)33-23(24(25)30)19(16-6-3-2-4-7-16)15-28-13-11-17(29)14-28/h2-4,6-7,9-10,17,19,23,29H,5,8,11-15H2,1H3,(H2,25,30)(H2,26,31,32)/t17-,19+,23?/m0/s1. The van der Waals surface area contributed by atoms with Gasteiger partial charge >= 0.3 is 0 Å². The molecule has 1 saturated heterocycles. The van der Waals surface area contributed by atoms with E-state index in [4.69, 9.17) is 15.6 Å². The van der Waals surface area contributed by atoms with Gasteiger partial charge in [-0.25, -0.2) is 13.6 Å². The van der Waals surface area contributed by atoms with E-state index in [1.165, 1.54) is 6.07 Å². The maximum Gasteiger partial charge on any atom is 0.259 e. The van der Waals surface area contributed by atoms with Gasteiger partial charge in [-0.15, -0.1) is 0 Å². The quantitative estimate of drug-likeness (QED) is 0.499. The Bertz CT molecular complexity index is 1140. The number of carbonyl (C=O) groups is 1. The van der Waals surface area contributed by atoms with Crippen molar-refractivity contribution in [2.45, 2.75) is 42.3 Å². The molecular formula is C24H32N4O5S. The van der Waals surface area contributed by atoms with E-state index in [2.05, 4.69) is 4.90 Å². The van der Waals surface area contributed by atoms with Gasteiger partial charge in [0.1, 0.15) is 10.6 Å². The molecule has 0 spiro atoms. The number of β-amino-alcohol motifs (C(OH)–C–C–N with tert-alkyl or cyclic N) is 1. The number of hydrogen-bond acceptors (Lipinski definition) is 7. The van der Waals surface area contributed by atoms with Gasteiger partial charge in [0.15, 0.2) is 6.10 Å². The number of ether oxygens (including phenoxy) is 1. The van der Waals surface area contributed by atoms with Crippen molar-refractivity contribution in [2.75, 3.05) is 38.1 Å². The number of nitrogens with zero attached hydrogens (tertiary/aromatic N) is 2. The number of hydrogen-bond donors (Lipinski definition) is 3. The fraction of sp³-hybridized carbons (Fsp3) is 0.458. The highest BCUT2D eigenvalue weighted by Gasteiger charge is 2.35. The molecule has 10 heteroatoms. The lowest BCUT2D eigenvalue weighted by Crippen LogP contribution is -2.44. The molecule has 0 bridgehead atoms. The number of primary sulfonamides is 1. The minimum atomic E-state index is -3.94. The van der Waals surface area contributed by atoms with Crippen LogP contribution in [0.3, 0.4) is 0 Å². The van der Waals surface area contributed by atoms with Crippen LogP contribution < -0.4 is 20.5 Å². The summed E-state index contributed by atoms with van der Waals surface area (Å²) in [5.74, 6) is -0.555. The first-order chi connectivity index (χ1) is 16.1. The van der Waals surface area contributed by atoms with Crippen LogP contribution in [0.4, 0.5) is 5.69 Å². The molecule has 1 amide bonds. The highest BCUT2D eigenvalue weighted by molar-refractivity contribution is 7.89. The summed E-state index contributed by atoms with van der Waals surface area (Å²) in [5, 5.41) is 15.5. The maximum atomic E-state index is 12.7. The first-order valence-electron chi connectivity index (χ1n) is 11.5. The molecule has 1 unspecified atom stereocenters. The molecule has 3 atom stereocenters. The molecule has 34 heavy (non-hydrogen) atoms. The fourth-order valence-electron chi connectivity index (χ4n) is 5.01. The highest BCUT2D eigenvalue weighted by Crippen LogP contribution is 2.40. The van der Waals surface area contributed by atoms with Crippen LogP contribution in [0.25, 0.3) is 0 Å². The number of carbonyl (C=O) groups excluding carboxylic acids is 1. The van der Waals surface area contributed by atoms with E-state index >= 15 is 0 Å². The van der Waals surface area contributed by atoms with Gasteiger partial charge < -0.3 is 20.5 Å². The van der Waals surface area contributed by atoms with Crippen LogP contribution in [-0.4, -0.2) is 69.8 Å². The summed E-state index contributed by atoms with van der Waals surface area (Å²) in [6, 6.07) is 12.6. The molecule has 1 fully saturated rings. The summed E-state index contributed by atoms with van der Waals surface area (Å²) in [5.41, 5.74) is 7.98. The van der Waals surface area contributed by atoms with Crippen molar-refractivity contribution in [1.29, 1.82) is 0 Å². The molecular weight excluding hydrogens is 456 g/mol. The van der Waals surface area contributed by atoms with E-state index in [9.17, 15) is 18.3 Å². The fourth-order valence-corrected chi connectivity index (χ4v) is 5.82. The molecule has 0 radical (unpaired) electrons. The molecule has 4 rings (SSSR count). The van der Waals surface area contributed by atoms with Crippen molar-refractivity contribution in [3.63, 3.8) is 0 Å². The second-order valence-electron chi connectivity index (χ2n) is 9.12. The maximum absolute atomic E-state index is 12.7. The zero-order valence-corrected chi connectivity index (χ0v) is 20.1. The van der Waals surface area contributed by atoms with Crippen molar-refractivity contribution >= 4 is 21.6 Å². The Hall–Kier alpha value is -2.66. The number of fused-ring (bicyclic) bond motifs is 1. The van der Waals surface area contributed by atoms with Gasteiger partial charge in [0.25, 0.3) is 5.91 Å². The number of amides is 1. The number of primary amides is 1. The average molecular weight is 489 g/mol. The molecule has 0 aliphatic carbocycles. The molecule has 5 N–H and O–H groups in total. The van der Waals surface area contributed by atoms with E-state index in [1.807, 2.05) is 42.3 Å². The molecule has 2 aliphatic heterocycles. The number of likely N-dealkylation sites (tertiary alicyclic amines) is 1. The van der Waals surface area contributed by atoms with Crippen LogP contribution in [0.1, 0.15) is 29.9 Å².